The molecule has 1 aliphatic rings. The molecule has 1 fully saturated rings. The van der Waals surface area contributed by atoms with Crippen LogP contribution in [0.4, 0.5) is 0 Å². The molecule has 3 atom stereocenters. The molecule has 0 spiro atoms. The lowest BCUT2D eigenvalue weighted by Gasteiger charge is -2.49. The monoisotopic (exact) mass is 261 g/mol. The highest BCUT2D eigenvalue weighted by molar-refractivity contribution is 5.20. The van der Waals surface area contributed by atoms with Gasteiger partial charge >= 0.3 is 0 Å². The molecule has 0 radical (unpaired) electrons. The zero-order valence-corrected chi connectivity index (χ0v) is 12.9. The van der Waals surface area contributed by atoms with E-state index >= 15 is 0 Å². The van der Waals surface area contributed by atoms with Crippen molar-refractivity contribution in [3.63, 3.8) is 0 Å². The van der Waals surface area contributed by atoms with Crippen molar-refractivity contribution >= 4 is 0 Å². The number of nitrogens with zero attached hydrogens (tertiary/aromatic N) is 1. The van der Waals surface area contributed by atoms with Crippen molar-refractivity contribution in [2.75, 3.05) is 13.7 Å². The largest absolute Gasteiger partial charge is 0.381 e. The quantitative estimate of drug-likeness (QED) is 0.801. The molecule has 2 heteroatoms. The van der Waals surface area contributed by atoms with Gasteiger partial charge in [-0.15, -0.1) is 0 Å². The Labute approximate surface area is 117 Å². The first-order valence-electron chi connectivity index (χ1n) is 7.28. The Morgan fingerprint density at radius 2 is 1.79 bits per heavy atom. The normalized spacial score (nSPS) is 29.4. The molecule has 0 aromatic heterocycles. The molecular formula is C17H27NO. The maximum absolute atomic E-state index is 5.69. The Balaban J connectivity index is 2.30. The van der Waals surface area contributed by atoms with Crippen LogP contribution in [0.2, 0.25) is 0 Å². The number of piperidine rings is 1. The van der Waals surface area contributed by atoms with E-state index in [2.05, 4.69) is 62.9 Å². The summed E-state index contributed by atoms with van der Waals surface area (Å²) in [5, 5.41) is 0. The smallest absolute Gasteiger partial charge is 0.0627 e. The van der Waals surface area contributed by atoms with Gasteiger partial charge in [-0.2, -0.15) is 0 Å². The van der Waals surface area contributed by atoms with E-state index in [1.807, 2.05) is 7.11 Å². The van der Waals surface area contributed by atoms with Crippen LogP contribution in [0.5, 0.6) is 0 Å². The summed E-state index contributed by atoms with van der Waals surface area (Å²) in [5.41, 5.74) is 1.60. The van der Waals surface area contributed by atoms with Crippen molar-refractivity contribution < 1.29 is 4.74 Å². The molecule has 0 amide bonds. The van der Waals surface area contributed by atoms with Gasteiger partial charge in [0.2, 0.25) is 0 Å². The van der Waals surface area contributed by atoms with Crippen molar-refractivity contribution in [1.82, 2.24) is 4.90 Å². The third-order valence-electron chi connectivity index (χ3n) is 4.30. The second-order valence-corrected chi connectivity index (χ2v) is 6.74. The summed E-state index contributed by atoms with van der Waals surface area (Å²) in [6.45, 7) is 10.3. The SMILES string of the molecule is CO[C@H]1C[C@H](c2ccccc2)N(C(C)(C)C)C[C@H]1C. The van der Waals surface area contributed by atoms with Crippen LogP contribution in [0.3, 0.4) is 0 Å². The van der Waals surface area contributed by atoms with E-state index < -0.39 is 0 Å². The highest BCUT2D eigenvalue weighted by atomic mass is 16.5. The highest BCUT2D eigenvalue weighted by Crippen LogP contribution is 2.38. The van der Waals surface area contributed by atoms with Gasteiger partial charge in [0.05, 0.1) is 6.10 Å². The Bertz CT molecular complexity index is 395. The van der Waals surface area contributed by atoms with E-state index in [4.69, 9.17) is 4.74 Å². The summed E-state index contributed by atoms with van der Waals surface area (Å²) >= 11 is 0. The second-order valence-electron chi connectivity index (χ2n) is 6.74. The van der Waals surface area contributed by atoms with Gasteiger partial charge in [-0.3, -0.25) is 4.90 Å². The van der Waals surface area contributed by atoms with Gasteiger partial charge in [0.25, 0.3) is 0 Å². The highest BCUT2D eigenvalue weighted by Gasteiger charge is 2.38. The van der Waals surface area contributed by atoms with E-state index in [1.165, 1.54) is 5.56 Å². The van der Waals surface area contributed by atoms with Crippen molar-refractivity contribution in [1.29, 1.82) is 0 Å². The zero-order chi connectivity index (χ0) is 14.0. The Morgan fingerprint density at radius 1 is 1.16 bits per heavy atom. The number of methoxy groups -OCH3 is 1. The maximum atomic E-state index is 5.69. The molecule has 1 aromatic carbocycles. The molecular weight excluding hydrogens is 234 g/mol. The minimum absolute atomic E-state index is 0.188. The van der Waals surface area contributed by atoms with Crippen LogP contribution in [-0.4, -0.2) is 30.2 Å². The van der Waals surface area contributed by atoms with E-state index in [9.17, 15) is 0 Å². The lowest BCUT2D eigenvalue weighted by Crippen LogP contribution is -2.52. The van der Waals surface area contributed by atoms with Crippen molar-refractivity contribution in [2.24, 2.45) is 5.92 Å². The number of likely N-dealkylation sites (tertiary alicyclic amines) is 1. The van der Waals surface area contributed by atoms with E-state index in [0.29, 0.717) is 18.1 Å². The average Bonchev–Trinajstić information content (AvgIpc) is 2.38. The standard InChI is InChI=1S/C17H27NO/c1-13-12-18(17(2,3)4)15(11-16(13)19-5)14-9-7-6-8-10-14/h6-10,13,15-16H,11-12H2,1-5H3/t13-,15-,16+/m1/s1. The fourth-order valence-electron chi connectivity index (χ4n) is 3.20. The Hall–Kier alpha value is -0.860. The van der Waals surface area contributed by atoms with E-state index in [-0.39, 0.29) is 5.54 Å². The summed E-state index contributed by atoms with van der Waals surface area (Å²) < 4.78 is 5.69. The summed E-state index contributed by atoms with van der Waals surface area (Å²) in [6.07, 6.45) is 1.45. The molecule has 19 heavy (non-hydrogen) atoms. The predicted molar refractivity (Wildman–Crippen MR) is 80.2 cm³/mol. The Kier molecular flexibility index (Phi) is 4.32. The van der Waals surface area contributed by atoms with Gasteiger partial charge in [0.1, 0.15) is 0 Å². The van der Waals surface area contributed by atoms with Crippen LogP contribution in [0, 0.1) is 5.92 Å². The van der Waals surface area contributed by atoms with Gasteiger partial charge in [0.15, 0.2) is 0 Å². The first kappa shape index (κ1) is 14.5. The third-order valence-corrected chi connectivity index (χ3v) is 4.30. The maximum Gasteiger partial charge on any atom is 0.0627 e. The van der Waals surface area contributed by atoms with Crippen molar-refractivity contribution in [3.05, 3.63) is 35.9 Å². The van der Waals surface area contributed by atoms with Crippen molar-refractivity contribution in [3.8, 4) is 0 Å². The molecule has 0 bridgehead atoms. The predicted octanol–water partition coefficient (Wildman–Crippen LogP) is 3.88. The Morgan fingerprint density at radius 3 is 2.32 bits per heavy atom. The molecule has 0 unspecified atom stereocenters. The molecule has 106 valence electrons. The lowest BCUT2D eigenvalue weighted by atomic mass is 9.84. The summed E-state index contributed by atoms with van der Waals surface area (Å²) in [5.74, 6) is 0.587. The minimum atomic E-state index is 0.188. The fraction of sp³-hybridized carbons (Fsp3) is 0.647. The molecule has 1 aromatic rings. The van der Waals surface area contributed by atoms with Gasteiger partial charge in [0, 0.05) is 25.2 Å². The van der Waals surface area contributed by atoms with Crippen LogP contribution in [-0.2, 0) is 4.74 Å². The first-order valence-corrected chi connectivity index (χ1v) is 7.28. The van der Waals surface area contributed by atoms with E-state index in [1.54, 1.807) is 0 Å². The number of hydrogen-bond acceptors (Lipinski definition) is 2. The summed E-state index contributed by atoms with van der Waals surface area (Å²) in [6, 6.07) is 11.3. The van der Waals surface area contributed by atoms with Gasteiger partial charge in [-0.25, -0.2) is 0 Å². The van der Waals surface area contributed by atoms with Gasteiger partial charge in [-0.05, 0) is 38.7 Å². The number of benzene rings is 1. The van der Waals surface area contributed by atoms with Crippen molar-refractivity contribution in [2.45, 2.75) is 51.8 Å². The van der Waals surface area contributed by atoms with Gasteiger partial charge < -0.3 is 4.74 Å². The van der Waals surface area contributed by atoms with Crippen LogP contribution >= 0.6 is 0 Å². The summed E-state index contributed by atoms with van der Waals surface area (Å²) in [4.78, 5) is 2.63. The number of hydrogen-bond donors (Lipinski definition) is 0. The van der Waals surface area contributed by atoms with E-state index in [0.717, 1.165) is 13.0 Å². The summed E-state index contributed by atoms with van der Waals surface area (Å²) in [7, 11) is 1.84. The third kappa shape index (κ3) is 3.18. The molecule has 1 saturated heterocycles. The van der Waals surface area contributed by atoms with Crippen LogP contribution in [0.15, 0.2) is 30.3 Å². The minimum Gasteiger partial charge on any atom is -0.381 e. The fourth-order valence-corrected chi connectivity index (χ4v) is 3.20. The second kappa shape index (κ2) is 5.64. The average molecular weight is 261 g/mol. The number of ether oxygens (including phenoxy) is 1. The van der Waals surface area contributed by atoms with Crippen LogP contribution < -0.4 is 0 Å². The number of rotatable bonds is 2. The molecule has 0 N–H and O–H groups in total. The molecule has 0 aliphatic carbocycles. The topological polar surface area (TPSA) is 12.5 Å². The molecule has 1 heterocycles. The lowest BCUT2D eigenvalue weighted by molar-refractivity contribution is -0.0591. The molecule has 1 aliphatic heterocycles. The first-order chi connectivity index (χ1) is 8.93. The van der Waals surface area contributed by atoms with Crippen LogP contribution in [0.1, 0.15) is 45.7 Å². The molecule has 2 rings (SSSR count). The van der Waals surface area contributed by atoms with Crippen LogP contribution in [0.25, 0.3) is 0 Å². The van der Waals surface area contributed by atoms with Gasteiger partial charge in [-0.1, -0.05) is 37.3 Å². The molecule has 0 saturated carbocycles. The zero-order valence-electron chi connectivity index (χ0n) is 12.9. The molecule has 2 nitrogen and oxygen atoms in total.